The molecule has 0 spiro atoms. The number of benzene rings is 2. The molecule has 0 radical (unpaired) electrons. The molecular formula is C17H21NOS. The van der Waals surface area contributed by atoms with Gasteiger partial charge in [0.15, 0.2) is 0 Å². The SMILES string of the molecule is CC(C)c1ccc(S(=O)CCc2ccccc2N)cc1. The molecule has 0 saturated carbocycles. The molecule has 106 valence electrons. The van der Waals surface area contributed by atoms with E-state index < -0.39 is 10.8 Å². The molecule has 0 aromatic heterocycles. The molecule has 3 heteroatoms. The second kappa shape index (κ2) is 6.71. The lowest BCUT2D eigenvalue weighted by atomic mass is 10.0. The van der Waals surface area contributed by atoms with Gasteiger partial charge in [-0.2, -0.15) is 0 Å². The van der Waals surface area contributed by atoms with E-state index in [0.717, 1.165) is 22.6 Å². The van der Waals surface area contributed by atoms with Gasteiger partial charge in [-0.1, -0.05) is 44.2 Å². The van der Waals surface area contributed by atoms with E-state index in [1.807, 2.05) is 36.4 Å². The first-order valence-corrected chi connectivity index (χ1v) is 8.21. The Hall–Kier alpha value is -1.61. The molecule has 0 aliphatic rings. The van der Waals surface area contributed by atoms with E-state index in [9.17, 15) is 4.21 Å². The zero-order valence-electron chi connectivity index (χ0n) is 12.0. The summed E-state index contributed by atoms with van der Waals surface area (Å²) in [6, 6.07) is 15.8. The fraction of sp³-hybridized carbons (Fsp3) is 0.294. The van der Waals surface area contributed by atoms with Gasteiger partial charge in [-0.25, -0.2) is 0 Å². The van der Waals surface area contributed by atoms with E-state index in [0.29, 0.717) is 11.7 Å². The highest BCUT2D eigenvalue weighted by Crippen LogP contribution is 2.18. The van der Waals surface area contributed by atoms with Crippen molar-refractivity contribution in [2.45, 2.75) is 31.1 Å². The third kappa shape index (κ3) is 3.70. The van der Waals surface area contributed by atoms with Crippen LogP contribution in [0.4, 0.5) is 5.69 Å². The van der Waals surface area contributed by atoms with Crippen LogP contribution in [0.3, 0.4) is 0 Å². The maximum Gasteiger partial charge on any atom is 0.0532 e. The minimum absolute atomic E-state index is 0.501. The summed E-state index contributed by atoms with van der Waals surface area (Å²) in [5, 5.41) is 0. The Morgan fingerprint density at radius 1 is 1.05 bits per heavy atom. The summed E-state index contributed by atoms with van der Waals surface area (Å²) in [6.45, 7) is 4.31. The molecule has 2 aromatic rings. The molecule has 2 aromatic carbocycles. The minimum Gasteiger partial charge on any atom is -0.399 e. The van der Waals surface area contributed by atoms with Gasteiger partial charge in [0.1, 0.15) is 0 Å². The monoisotopic (exact) mass is 287 g/mol. The van der Waals surface area contributed by atoms with E-state index >= 15 is 0 Å². The van der Waals surface area contributed by atoms with Crippen LogP contribution in [0.5, 0.6) is 0 Å². The molecule has 1 atom stereocenters. The average Bonchev–Trinajstić information content (AvgIpc) is 2.46. The Morgan fingerprint density at radius 2 is 1.70 bits per heavy atom. The van der Waals surface area contributed by atoms with Gasteiger partial charge >= 0.3 is 0 Å². The summed E-state index contributed by atoms with van der Waals surface area (Å²) in [5.41, 5.74) is 9.02. The highest BCUT2D eigenvalue weighted by Gasteiger charge is 2.07. The summed E-state index contributed by atoms with van der Waals surface area (Å²) in [6.07, 6.45) is 0.741. The first-order chi connectivity index (χ1) is 9.58. The first-order valence-electron chi connectivity index (χ1n) is 6.89. The lowest BCUT2D eigenvalue weighted by Gasteiger charge is -2.08. The molecule has 0 aliphatic carbocycles. The van der Waals surface area contributed by atoms with E-state index in [4.69, 9.17) is 5.73 Å². The molecule has 0 bridgehead atoms. The van der Waals surface area contributed by atoms with Crippen molar-refractivity contribution in [1.29, 1.82) is 0 Å². The summed E-state index contributed by atoms with van der Waals surface area (Å²) in [7, 11) is -0.969. The zero-order chi connectivity index (χ0) is 14.5. The van der Waals surface area contributed by atoms with E-state index in [1.165, 1.54) is 5.56 Å². The van der Waals surface area contributed by atoms with Crippen molar-refractivity contribution in [3.63, 3.8) is 0 Å². The van der Waals surface area contributed by atoms with Crippen molar-refractivity contribution in [3.8, 4) is 0 Å². The first kappa shape index (κ1) is 14.8. The van der Waals surface area contributed by atoms with Crippen LogP contribution in [0.25, 0.3) is 0 Å². The molecule has 0 heterocycles. The number of rotatable bonds is 5. The van der Waals surface area contributed by atoms with Crippen LogP contribution >= 0.6 is 0 Å². The maximum atomic E-state index is 12.3. The van der Waals surface area contributed by atoms with Crippen LogP contribution in [-0.4, -0.2) is 9.96 Å². The smallest absolute Gasteiger partial charge is 0.0532 e. The lowest BCUT2D eigenvalue weighted by Crippen LogP contribution is -2.04. The summed E-state index contributed by atoms with van der Waals surface area (Å²) in [5.74, 6) is 1.11. The highest BCUT2D eigenvalue weighted by molar-refractivity contribution is 7.85. The number of hydrogen-bond donors (Lipinski definition) is 1. The predicted octanol–water partition coefficient (Wildman–Crippen LogP) is 3.74. The Bertz CT molecular complexity index is 590. The third-order valence-corrected chi connectivity index (χ3v) is 4.79. The summed E-state index contributed by atoms with van der Waals surface area (Å²) < 4.78 is 12.3. The molecule has 0 aliphatic heterocycles. The topological polar surface area (TPSA) is 43.1 Å². The quantitative estimate of drug-likeness (QED) is 0.851. The van der Waals surface area contributed by atoms with Crippen molar-refractivity contribution < 1.29 is 4.21 Å². The molecular weight excluding hydrogens is 266 g/mol. The van der Waals surface area contributed by atoms with Gasteiger partial charge in [0.05, 0.1) is 10.8 Å². The number of aryl methyl sites for hydroxylation is 1. The Balaban J connectivity index is 2.00. The van der Waals surface area contributed by atoms with Crippen LogP contribution in [0, 0.1) is 0 Å². The Morgan fingerprint density at radius 3 is 2.30 bits per heavy atom. The van der Waals surface area contributed by atoms with Crippen molar-refractivity contribution in [1.82, 2.24) is 0 Å². The molecule has 0 fully saturated rings. The van der Waals surface area contributed by atoms with Crippen molar-refractivity contribution in [2.75, 3.05) is 11.5 Å². The van der Waals surface area contributed by atoms with Gasteiger partial charge < -0.3 is 5.73 Å². The number of nitrogens with two attached hydrogens (primary N) is 1. The number of para-hydroxylation sites is 1. The molecule has 2 N–H and O–H groups in total. The van der Waals surface area contributed by atoms with E-state index in [2.05, 4.69) is 26.0 Å². The molecule has 0 amide bonds. The predicted molar refractivity (Wildman–Crippen MR) is 86.4 cm³/mol. The normalized spacial score (nSPS) is 12.6. The van der Waals surface area contributed by atoms with Gasteiger partial charge in [-0.15, -0.1) is 0 Å². The number of anilines is 1. The van der Waals surface area contributed by atoms with Crippen LogP contribution in [0.15, 0.2) is 53.4 Å². The van der Waals surface area contributed by atoms with Gasteiger partial charge in [0.25, 0.3) is 0 Å². The average molecular weight is 287 g/mol. The second-order valence-electron chi connectivity index (χ2n) is 5.22. The molecule has 0 saturated heterocycles. The van der Waals surface area contributed by atoms with Crippen LogP contribution in [0.2, 0.25) is 0 Å². The summed E-state index contributed by atoms with van der Waals surface area (Å²) in [4.78, 5) is 0.893. The Kier molecular flexibility index (Phi) is 4.96. The highest BCUT2D eigenvalue weighted by atomic mass is 32.2. The summed E-state index contributed by atoms with van der Waals surface area (Å²) >= 11 is 0. The third-order valence-electron chi connectivity index (χ3n) is 3.42. The molecule has 2 rings (SSSR count). The van der Waals surface area contributed by atoms with Crippen molar-refractivity contribution in [2.24, 2.45) is 0 Å². The maximum absolute atomic E-state index is 12.3. The van der Waals surface area contributed by atoms with Gasteiger partial charge in [-0.3, -0.25) is 4.21 Å². The van der Waals surface area contributed by atoms with Gasteiger partial charge in [0.2, 0.25) is 0 Å². The number of nitrogen functional groups attached to an aromatic ring is 1. The van der Waals surface area contributed by atoms with Gasteiger partial charge in [0, 0.05) is 16.3 Å². The fourth-order valence-corrected chi connectivity index (χ4v) is 3.17. The molecule has 20 heavy (non-hydrogen) atoms. The van der Waals surface area contributed by atoms with E-state index in [1.54, 1.807) is 0 Å². The largest absolute Gasteiger partial charge is 0.399 e. The Labute approximate surface area is 123 Å². The standard InChI is InChI=1S/C17H21NOS/c1-13(2)14-7-9-16(10-8-14)20(19)12-11-15-5-3-4-6-17(15)18/h3-10,13H,11-12,18H2,1-2H3. The van der Waals surface area contributed by atoms with Crippen LogP contribution < -0.4 is 5.73 Å². The second-order valence-corrected chi connectivity index (χ2v) is 6.79. The zero-order valence-corrected chi connectivity index (χ0v) is 12.8. The van der Waals surface area contributed by atoms with Gasteiger partial charge in [-0.05, 0) is 41.7 Å². The lowest BCUT2D eigenvalue weighted by molar-refractivity contribution is 0.682. The molecule has 1 unspecified atom stereocenters. The van der Waals surface area contributed by atoms with E-state index in [-0.39, 0.29) is 0 Å². The molecule has 2 nitrogen and oxygen atoms in total. The van der Waals surface area contributed by atoms with Crippen molar-refractivity contribution in [3.05, 3.63) is 59.7 Å². The van der Waals surface area contributed by atoms with Crippen LogP contribution in [-0.2, 0) is 17.2 Å². The van der Waals surface area contributed by atoms with Crippen molar-refractivity contribution >= 4 is 16.5 Å². The minimum atomic E-state index is -0.969. The van der Waals surface area contributed by atoms with Crippen LogP contribution in [0.1, 0.15) is 30.9 Å². The fourth-order valence-electron chi connectivity index (χ4n) is 2.09. The number of hydrogen-bond acceptors (Lipinski definition) is 2.